The lowest BCUT2D eigenvalue weighted by Gasteiger charge is -2.35. The number of nitro groups is 1. The Morgan fingerprint density at radius 3 is 2.79 bits per heavy atom. The Morgan fingerprint density at radius 2 is 2.11 bits per heavy atom. The van der Waals surface area contributed by atoms with Crippen LogP contribution in [0.4, 0.5) is 21.9 Å². The fourth-order valence-corrected chi connectivity index (χ4v) is 3.16. The van der Waals surface area contributed by atoms with Gasteiger partial charge in [0.25, 0.3) is 5.69 Å². The molecule has 0 unspecified atom stereocenters. The average Bonchev–Trinajstić information content (AvgIpc) is 3.13. The third-order valence-electron chi connectivity index (χ3n) is 4.45. The van der Waals surface area contributed by atoms with Crippen LogP contribution in [-0.4, -0.2) is 65.5 Å². The number of nitrogens with one attached hydrogen (secondary N) is 1. The van der Waals surface area contributed by atoms with Gasteiger partial charge in [-0.1, -0.05) is 11.6 Å². The first-order chi connectivity index (χ1) is 13.5. The summed E-state index contributed by atoms with van der Waals surface area (Å²) < 4.78 is 6.69. The van der Waals surface area contributed by atoms with Gasteiger partial charge in [-0.2, -0.15) is 5.10 Å². The SMILES string of the molecule is COCCn1cc(NC(=O)N2CCN(c3ccc(Cl)cc3[N+](=O)[O-])CC2)cn1. The fourth-order valence-electron chi connectivity index (χ4n) is 3.00. The van der Waals surface area contributed by atoms with E-state index in [4.69, 9.17) is 16.3 Å². The van der Waals surface area contributed by atoms with Crippen LogP contribution in [0.25, 0.3) is 0 Å². The highest BCUT2D eigenvalue weighted by Crippen LogP contribution is 2.31. The molecule has 1 N–H and O–H groups in total. The maximum absolute atomic E-state index is 12.5. The number of urea groups is 1. The molecule has 1 saturated heterocycles. The monoisotopic (exact) mass is 408 g/mol. The summed E-state index contributed by atoms with van der Waals surface area (Å²) >= 11 is 5.87. The van der Waals surface area contributed by atoms with E-state index in [0.29, 0.717) is 55.7 Å². The summed E-state index contributed by atoms with van der Waals surface area (Å²) in [6.07, 6.45) is 3.32. The van der Waals surface area contributed by atoms with Crippen molar-refractivity contribution in [1.82, 2.24) is 14.7 Å². The minimum absolute atomic E-state index is 0.0334. The second-order valence-electron chi connectivity index (χ2n) is 6.28. The van der Waals surface area contributed by atoms with Crippen molar-refractivity contribution in [3.05, 3.63) is 45.7 Å². The number of carbonyl (C=O) groups is 1. The number of carbonyl (C=O) groups excluding carboxylic acids is 1. The molecule has 1 aromatic carbocycles. The van der Waals surface area contributed by atoms with E-state index >= 15 is 0 Å². The van der Waals surface area contributed by atoms with Crippen LogP contribution in [0.3, 0.4) is 0 Å². The Bertz CT molecular complexity index is 850. The van der Waals surface area contributed by atoms with Gasteiger partial charge in [-0.15, -0.1) is 0 Å². The van der Waals surface area contributed by atoms with E-state index in [1.165, 1.54) is 6.07 Å². The molecule has 0 spiro atoms. The zero-order valence-corrected chi connectivity index (χ0v) is 16.1. The van der Waals surface area contributed by atoms with Crippen molar-refractivity contribution < 1.29 is 14.5 Å². The Hall–Kier alpha value is -2.85. The third kappa shape index (κ3) is 4.70. The molecule has 1 aliphatic rings. The molecule has 0 atom stereocenters. The standard InChI is InChI=1S/C17H21ClN6O4/c1-28-9-8-23-12-14(11-19-23)20-17(25)22-6-4-21(5-7-22)15-3-2-13(18)10-16(15)24(26)27/h2-3,10-12H,4-9H2,1H3,(H,20,25). The number of hydrogen-bond acceptors (Lipinski definition) is 6. The van der Waals surface area contributed by atoms with Crippen molar-refractivity contribution in [2.75, 3.05) is 50.1 Å². The molecule has 3 rings (SSSR count). The lowest BCUT2D eigenvalue weighted by Crippen LogP contribution is -2.50. The number of methoxy groups -OCH3 is 1. The van der Waals surface area contributed by atoms with E-state index in [1.54, 1.807) is 41.2 Å². The molecule has 0 radical (unpaired) electrons. The van der Waals surface area contributed by atoms with Crippen LogP contribution in [-0.2, 0) is 11.3 Å². The van der Waals surface area contributed by atoms with Crippen molar-refractivity contribution in [2.24, 2.45) is 0 Å². The number of nitro benzene ring substituents is 1. The molecular formula is C17H21ClN6O4. The highest BCUT2D eigenvalue weighted by Gasteiger charge is 2.26. The summed E-state index contributed by atoms with van der Waals surface area (Å²) in [5, 5.41) is 18.6. The molecular weight excluding hydrogens is 388 g/mol. The average molecular weight is 409 g/mol. The number of rotatable bonds is 6. The number of piperazine rings is 1. The number of aromatic nitrogens is 2. The number of benzene rings is 1. The van der Waals surface area contributed by atoms with Crippen molar-refractivity contribution in [2.45, 2.75) is 6.54 Å². The van der Waals surface area contributed by atoms with Gasteiger partial charge < -0.3 is 19.9 Å². The van der Waals surface area contributed by atoms with Crippen LogP contribution in [0.1, 0.15) is 0 Å². The van der Waals surface area contributed by atoms with Gasteiger partial charge in [0.15, 0.2) is 0 Å². The molecule has 150 valence electrons. The quantitative estimate of drug-likeness (QED) is 0.581. The Kier molecular flexibility index (Phi) is 6.32. The van der Waals surface area contributed by atoms with Crippen molar-refractivity contribution in [3.63, 3.8) is 0 Å². The second kappa shape index (κ2) is 8.89. The zero-order chi connectivity index (χ0) is 20.1. The summed E-state index contributed by atoms with van der Waals surface area (Å²) in [5.74, 6) is 0. The number of hydrogen-bond donors (Lipinski definition) is 1. The van der Waals surface area contributed by atoms with Gasteiger partial charge in [0.1, 0.15) is 5.69 Å². The van der Waals surface area contributed by atoms with E-state index < -0.39 is 4.92 Å². The summed E-state index contributed by atoms with van der Waals surface area (Å²) in [7, 11) is 1.62. The maximum Gasteiger partial charge on any atom is 0.322 e. The fraction of sp³-hybridized carbons (Fsp3) is 0.412. The second-order valence-corrected chi connectivity index (χ2v) is 6.72. The summed E-state index contributed by atoms with van der Waals surface area (Å²) in [6, 6.07) is 4.39. The van der Waals surface area contributed by atoms with Gasteiger partial charge in [0.2, 0.25) is 0 Å². The first kappa shape index (κ1) is 19.9. The smallest absolute Gasteiger partial charge is 0.322 e. The highest BCUT2D eigenvalue weighted by atomic mass is 35.5. The van der Waals surface area contributed by atoms with Gasteiger partial charge in [-0.3, -0.25) is 14.8 Å². The normalized spacial score (nSPS) is 14.2. The van der Waals surface area contributed by atoms with Gasteiger partial charge in [-0.05, 0) is 12.1 Å². The van der Waals surface area contributed by atoms with Crippen molar-refractivity contribution >= 4 is 34.7 Å². The molecule has 2 amide bonds. The van der Waals surface area contributed by atoms with E-state index in [-0.39, 0.29) is 11.7 Å². The Balaban J connectivity index is 1.57. The molecule has 2 aromatic rings. The zero-order valence-electron chi connectivity index (χ0n) is 15.4. The first-order valence-corrected chi connectivity index (χ1v) is 9.12. The molecule has 0 saturated carbocycles. The number of amides is 2. The van der Waals surface area contributed by atoms with Gasteiger partial charge in [0.05, 0.1) is 30.0 Å². The van der Waals surface area contributed by atoms with Gasteiger partial charge in [-0.25, -0.2) is 4.79 Å². The van der Waals surface area contributed by atoms with E-state index in [9.17, 15) is 14.9 Å². The van der Waals surface area contributed by atoms with Crippen LogP contribution < -0.4 is 10.2 Å². The summed E-state index contributed by atoms with van der Waals surface area (Å²) in [6.45, 7) is 3.01. The molecule has 1 aromatic heterocycles. The minimum atomic E-state index is -0.443. The number of anilines is 2. The van der Waals surface area contributed by atoms with E-state index in [1.807, 2.05) is 4.90 Å². The lowest BCUT2D eigenvalue weighted by molar-refractivity contribution is -0.384. The molecule has 1 fully saturated rings. The lowest BCUT2D eigenvalue weighted by atomic mass is 10.2. The molecule has 28 heavy (non-hydrogen) atoms. The topological polar surface area (TPSA) is 106 Å². The summed E-state index contributed by atoms with van der Waals surface area (Å²) in [5.41, 5.74) is 1.08. The first-order valence-electron chi connectivity index (χ1n) is 8.74. The van der Waals surface area contributed by atoms with Crippen LogP contribution in [0.5, 0.6) is 0 Å². The Morgan fingerprint density at radius 1 is 1.36 bits per heavy atom. The van der Waals surface area contributed by atoms with Crippen LogP contribution >= 0.6 is 11.6 Å². The number of nitrogens with zero attached hydrogens (tertiary/aromatic N) is 5. The predicted molar refractivity (Wildman–Crippen MR) is 105 cm³/mol. The van der Waals surface area contributed by atoms with E-state index in [2.05, 4.69) is 10.4 Å². The van der Waals surface area contributed by atoms with Gasteiger partial charge >= 0.3 is 6.03 Å². The van der Waals surface area contributed by atoms with Crippen LogP contribution in [0.15, 0.2) is 30.6 Å². The molecule has 0 aliphatic carbocycles. The summed E-state index contributed by atoms with van der Waals surface area (Å²) in [4.78, 5) is 26.9. The molecule has 10 nitrogen and oxygen atoms in total. The van der Waals surface area contributed by atoms with Gasteiger partial charge in [0, 0.05) is 50.6 Å². The molecule has 11 heteroatoms. The third-order valence-corrected chi connectivity index (χ3v) is 4.69. The molecule has 1 aliphatic heterocycles. The molecule has 2 heterocycles. The van der Waals surface area contributed by atoms with Crippen molar-refractivity contribution in [3.8, 4) is 0 Å². The Labute approximate surface area is 166 Å². The van der Waals surface area contributed by atoms with Crippen LogP contribution in [0.2, 0.25) is 5.02 Å². The number of halogens is 1. The highest BCUT2D eigenvalue weighted by molar-refractivity contribution is 6.30. The number of ether oxygens (including phenoxy) is 1. The van der Waals surface area contributed by atoms with E-state index in [0.717, 1.165) is 0 Å². The maximum atomic E-state index is 12.5. The molecule has 0 bridgehead atoms. The predicted octanol–water partition coefficient (Wildman–Crippen LogP) is 2.45. The van der Waals surface area contributed by atoms with Crippen molar-refractivity contribution in [1.29, 1.82) is 0 Å². The largest absolute Gasteiger partial charge is 0.383 e. The minimum Gasteiger partial charge on any atom is -0.383 e. The van der Waals surface area contributed by atoms with Crippen LogP contribution in [0, 0.1) is 10.1 Å².